The summed E-state index contributed by atoms with van der Waals surface area (Å²) in [6.45, 7) is 16.2. The maximum atomic E-state index is 14.7. The Morgan fingerprint density at radius 1 is 0.667 bits per heavy atom. The van der Waals surface area contributed by atoms with E-state index in [1.807, 2.05) is 41.5 Å². The van der Waals surface area contributed by atoms with Gasteiger partial charge >= 0.3 is 0 Å². The molecule has 2 atom stereocenters. The number of anilines is 2. The van der Waals surface area contributed by atoms with Gasteiger partial charge in [0.05, 0.1) is 45.9 Å². The molecule has 7 rings (SSSR count). The highest BCUT2D eigenvalue weighted by Gasteiger charge is 2.54. The molecule has 18 heteroatoms. The van der Waals surface area contributed by atoms with Gasteiger partial charge in [0.1, 0.15) is 5.76 Å². The minimum atomic E-state index is -3.51. The number of sulfonamides is 2. The Kier molecular flexibility index (Phi) is 14.3. The third kappa shape index (κ3) is 10.7. The van der Waals surface area contributed by atoms with Crippen molar-refractivity contribution in [2.75, 3.05) is 20.9 Å². The Bertz CT molecular complexity index is 2830. The lowest BCUT2D eigenvalue weighted by Crippen LogP contribution is -2.41. The smallest absolute Gasteiger partial charge is 0.232 e. The lowest BCUT2D eigenvalue weighted by Gasteiger charge is -2.35. The van der Waals surface area contributed by atoms with E-state index in [0.717, 1.165) is 64.2 Å². The number of aromatic amines is 1. The standard InChI is InChI=1S/C48H66N10O6S2/c1-9-11-13-15-17-19-29-65(61,62)55-33-25-21-31(22-26-33)43-49-45-37(41(47(3,4)5)51-57(45)53-43)35-39(59)36(40(35)60)38-42(48(6,7)8)52-58-46(38)50-44(54-58)32-23-27-34(28-24-32)56-66(63,64)30-20-18-16-14-12-10-2/h21-28,35,37,55-56,59H,9-20,29-30H2,1-8H3,(H,50,54). The molecule has 4 heterocycles. The number of H-pyrrole nitrogens is 1. The number of carbonyl (C=O) groups is 1. The van der Waals surface area contributed by atoms with Gasteiger partial charge in [0.2, 0.25) is 20.0 Å². The molecule has 0 amide bonds. The third-order valence-electron chi connectivity index (χ3n) is 12.2. The molecule has 0 radical (unpaired) electrons. The van der Waals surface area contributed by atoms with Crippen molar-refractivity contribution >= 4 is 54.1 Å². The molecule has 0 spiro atoms. The average molecular weight is 943 g/mol. The summed E-state index contributed by atoms with van der Waals surface area (Å²) < 4.78 is 57.9. The van der Waals surface area contributed by atoms with Gasteiger partial charge in [0, 0.05) is 33.3 Å². The zero-order valence-corrected chi connectivity index (χ0v) is 41.2. The SMILES string of the molecule is CCCCCCCCS(=O)(=O)Nc1ccc(-c2nc3n(n2)N=C(C(C)(C)C)C3C2C(=O)C(c3c(C(C)(C)C)nn4nc(-c5ccc(NS(=O)(=O)CCCCCCCC)cc5)[nH]c34)=C2O)cc1. The summed E-state index contributed by atoms with van der Waals surface area (Å²) in [5.41, 5.74) is 3.39. The number of ketones is 1. The number of hydrogen-bond donors (Lipinski definition) is 4. The summed E-state index contributed by atoms with van der Waals surface area (Å²) in [4.78, 5) is 24.3. The van der Waals surface area contributed by atoms with Crippen LogP contribution < -0.4 is 9.44 Å². The number of unbranched alkanes of at least 4 members (excludes halogenated alkanes) is 10. The van der Waals surface area contributed by atoms with E-state index in [4.69, 9.17) is 20.3 Å². The quantitative estimate of drug-likeness (QED) is 0.0481. The van der Waals surface area contributed by atoms with Crippen molar-refractivity contribution in [1.82, 2.24) is 34.7 Å². The van der Waals surface area contributed by atoms with Crippen molar-refractivity contribution in [2.45, 2.75) is 144 Å². The number of carbonyl (C=O) groups excluding carboxylic acids is 1. The van der Waals surface area contributed by atoms with Gasteiger partial charge in [0.25, 0.3) is 0 Å². The van der Waals surface area contributed by atoms with Crippen LogP contribution in [0.3, 0.4) is 0 Å². The molecule has 2 aliphatic rings. The number of hydrogen-bond acceptors (Lipinski definition) is 11. The second-order valence-electron chi connectivity index (χ2n) is 19.8. The third-order valence-corrected chi connectivity index (χ3v) is 15.0. The van der Waals surface area contributed by atoms with Gasteiger partial charge in [-0.05, 0) is 61.4 Å². The van der Waals surface area contributed by atoms with Gasteiger partial charge < -0.3 is 10.1 Å². The Hall–Kier alpha value is -5.36. The lowest BCUT2D eigenvalue weighted by atomic mass is 9.66. The van der Waals surface area contributed by atoms with Gasteiger partial charge in [-0.3, -0.25) is 14.2 Å². The van der Waals surface area contributed by atoms with Crippen LogP contribution in [0.25, 0.3) is 34.0 Å². The fourth-order valence-corrected chi connectivity index (χ4v) is 11.0. The van der Waals surface area contributed by atoms with Gasteiger partial charge in [-0.25, -0.2) is 21.8 Å². The molecule has 3 aromatic heterocycles. The number of benzene rings is 2. The van der Waals surface area contributed by atoms with E-state index in [2.05, 4.69) is 33.4 Å². The number of aliphatic hydroxyl groups is 1. The minimum Gasteiger partial charge on any atom is -0.511 e. The highest BCUT2D eigenvalue weighted by molar-refractivity contribution is 7.92. The summed E-state index contributed by atoms with van der Waals surface area (Å²) >= 11 is 0. The molecule has 66 heavy (non-hydrogen) atoms. The van der Waals surface area contributed by atoms with Crippen molar-refractivity contribution in [3.8, 4) is 22.8 Å². The van der Waals surface area contributed by atoms with E-state index in [0.29, 0.717) is 75.4 Å². The normalized spacial score (nSPS) is 16.8. The van der Waals surface area contributed by atoms with Crippen LogP contribution in [-0.2, 0) is 30.3 Å². The molecule has 1 aliphatic carbocycles. The van der Waals surface area contributed by atoms with Crippen LogP contribution in [0.5, 0.6) is 0 Å². The van der Waals surface area contributed by atoms with Crippen molar-refractivity contribution < 1.29 is 26.7 Å². The van der Waals surface area contributed by atoms with Crippen LogP contribution in [0.4, 0.5) is 11.4 Å². The number of allylic oxidation sites excluding steroid dienone is 2. The first-order valence-electron chi connectivity index (χ1n) is 23.5. The molecule has 1 aliphatic heterocycles. The molecule has 4 N–H and O–H groups in total. The molecule has 0 bridgehead atoms. The maximum absolute atomic E-state index is 14.7. The average Bonchev–Trinajstić information content (AvgIpc) is 4.02. The highest BCUT2D eigenvalue weighted by Crippen LogP contribution is 2.51. The molecule has 2 aromatic carbocycles. The van der Waals surface area contributed by atoms with Crippen molar-refractivity contribution in [3.63, 3.8) is 0 Å². The molecule has 0 saturated carbocycles. The maximum Gasteiger partial charge on any atom is 0.232 e. The van der Waals surface area contributed by atoms with Gasteiger partial charge in [-0.1, -0.05) is 120 Å². The van der Waals surface area contributed by atoms with Crippen LogP contribution in [0, 0.1) is 11.3 Å². The van der Waals surface area contributed by atoms with Crippen molar-refractivity contribution in [3.05, 3.63) is 71.4 Å². The zero-order valence-electron chi connectivity index (χ0n) is 39.6. The van der Waals surface area contributed by atoms with Gasteiger partial charge in [-0.15, -0.1) is 19.6 Å². The summed E-state index contributed by atoms with van der Waals surface area (Å²) in [5.74, 6) is -0.762. The van der Waals surface area contributed by atoms with Crippen molar-refractivity contribution in [1.29, 1.82) is 0 Å². The number of rotatable bonds is 22. The molecule has 16 nitrogen and oxygen atoms in total. The first kappa shape index (κ1) is 48.6. The number of fused-ring (bicyclic) bond motifs is 2. The predicted molar refractivity (Wildman–Crippen MR) is 262 cm³/mol. The molecular formula is C48H66N10O6S2. The minimum absolute atomic E-state index is 0.0599. The monoisotopic (exact) mass is 942 g/mol. The molecule has 5 aromatic rings. The summed E-state index contributed by atoms with van der Waals surface area (Å²) in [7, 11) is -7.01. The molecule has 0 saturated heterocycles. The first-order valence-corrected chi connectivity index (χ1v) is 26.8. The predicted octanol–water partition coefficient (Wildman–Crippen LogP) is 10.0. The van der Waals surface area contributed by atoms with Crippen LogP contribution in [0.15, 0.2) is 59.4 Å². The van der Waals surface area contributed by atoms with E-state index in [-0.39, 0.29) is 28.6 Å². The lowest BCUT2D eigenvalue weighted by molar-refractivity contribution is -0.119. The molecule has 356 valence electrons. The second-order valence-corrected chi connectivity index (χ2v) is 23.5. The Morgan fingerprint density at radius 3 is 1.68 bits per heavy atom. The fraction of sp³-hybridized carbons (Fsp3) is 0.542. The van der Waals surface area contributed by atoms with E-state index in [1.54, 1.807) is 48.5 Å². The number of aromatic nitrogens is 7. The van der Waals surface area contributed by atoms with Gasteiger partial charge in [-0.2, -0.15) is 10.2 Å². The summed E-state index contributed by atoms with van der Waals surface area (Å²) in [6, 6.07) is 13.7. The van der Waals surface area contributed by atoms with E-state index in [9.17, 15) is 26.7 Å². The molecular weight excluding hydrogens is 877 g/mol. The second kappa shape index (κ2) is 19.5. The van der Waals surface area contributed by atoms with Crippen LogP contribution in [-0.4, -0.2) is 79.6 Å². The number of nitrogens with zero attached hydrogens (tertiary/aromatic N) is 7. The van der Waals surface area contributed by atoms with Crippen LogP contribution in [0.2, 0.25) is 0 Å². The summed E-state index contributed by atoms with van der Waals surface area (Å²) in [5, 5.41) is 31.1. The Balaban J connectivity index is 1.11. The molecule has 0 fully saturated rings. The first-order chi connectivity index (χ1) is 31.2. The number of Topliss-reactive ketones (excluding diaryl/α,β-unsaturated/α-hetero) is 1. The largest absolute Gasteiger partial charge is 0.511 e. The van der Waals surface area contributed by atoms with Gasteiger partial charge in [0.15, 0.2) is 28.9 Å². The highest BCUT2D eigenvalue weighted by atomic mass is 32.2. The number of aliphatic hydroxyl groups excluding tert-OH is 1. The zero-order chi connectivity index (χ0) is 47.6. The summed E-state index contributed by atoms with van der Waals surface area (Å²) in [6.07, 6.45) is 11.9. The number of nitrogens with one attached hydrogen (secondary N) is 3. The molecule has 2 unspecified atom stereocenters. The Labute approximate surface area is 389 Å². The van der Waals surface area contributed by atoms with Crippen LogP contribution >= 0.6 is 0 Å². The Morgan fingerprint density at radius 2 is 1.18 bits per heavy atom. The van der Waals surface area contributed by atoms with Crippen LogP contribution in [0.1, 0.15) is 155 Å². The van der Waals surface area contributed by atoms with E-state index in [1.165, 1.54) is 9.42 Å². The van der Waals surface area contributed by atoms with Crippen molar-refractivity contribution in [2.24, 2.45) is 16.4 Å². The van der Waals surface area contributed by atoms with E-state index < -0.39 is 42.7 Å². The fourth-order valence-electron chi connectivity index (χ4n) is 8.67. The topological polar surface area (TPSA) is 219 Å². The van der Waals surface area contributed by atoms with E-state index >= 15 is 0 Å².